The van der Waals surface area contributed by atoms with Crippen LogP contribution in [-0.2, 0) is 0 Å². The summed E-state index contributed by atoms with van der Waals surface area (Å²) in [4.78, 5) is 0. The van der Waals surface area contributed by atoms with Crippen molar-refractivity contribution in [1.82, 2.24) is 0 Å². The minimum Gasteiger partial charge on any atom is -0.0623 e. The van der Waals surface area contributed by atoms with Gasteiger partial charge >= 0.3 is 0 Å². The van der Waals surface area contributed by atoms with E-state index in [1.54, 1.807) is 20.7 Å². The summed E-state index contributed by atoms with van der Waals surface area (Å²) < 4.78 is 0. The second-order valence-electron chi connectivity index (χ2n) is 11.4. The Labute approximate surface area is 202 Å². The van der Waals surface area contributed by atoms with Gasteiger partial charge in [0.15, 0.2) is 0 Å². The fraction of sp³-hybridized carbons (Fsp3) is 0.125. The highest BCUT2D eigenvalue weighted by atomic mass is 28.3. The predicted octanol–water partition coefficient (Wildman–Crippen LogP) is 6.19. The van der Waals surface area contributed by atoms with Crippen LogP contribution in [0.3, 0.4) is 0 Å². The third kappa shape index (κ3) is 2.03. The van der Waals surface area contributed by atoms with Crippen molar-refractivity contribution in [1.29, 1.82) is 0 Å². The minimum absolute atomic E-state index is 1.39. The zero-order valence-corrected chi connectivity index (χ0v) is 22.1. The molecule has 0 fully saturated rings. The highest BCUT2D eigenvalue weighted by molar-refractivity contribution is 7.05. The molecule has 0 atom stereocenters. The molecule has 2 aliphatic rings. The van der Waals surface area contributed by atoms with Gasteiger partial charge in [-0.05, 0) is 81.4 Å². The summed E-state index contributed by atoms with van der Waals surface area (Å²) >= 11 is 0. The molecule has 6 aromatic carbocycles. The van der Waals surface area contributed by atoms with E-state index in [0.29, 0.717) is 0 Å². The van der Waals surface area contributed by atoms with E-state index in [1.165, 1.54) is 54.6 Å². The van der Waals surface area contributed by atoms with E-state index in [1.807, 2.05) is 0 Å². The average Bonchev–Trinajstić information content (AvgIpc) is 3.22. The topological polar surface area (TPSA) is 0 Å². The number of benzene rings is 6. The van der Waals surface area contributed by atoms with Gasteiger partial charge in [0.05, 0.1) is 0 Å². The third-order valence-corrected chi connectivity index (χ3v) is 16.1. The molecule has 0 radical (unpaired) electrons. The maximum atomic E-state index is 2.55. The zero-order valence-electron chi connectivity index (χ0n) is 20.1. The van der Waals surface area contributed by atoms with E-state index in [0.717, 1.165) is 0 Å². The Morgan fingerprint density at radius 2 is 1.06 bits per heavy atom. The Balaban J connectivity index is 1.58. The molecule has 0 unspecified atom stereocenters. The maximum Gasteiger partial charge on any atom is 0.114 e. The maximum absolute atomic E-state index is 2.55. The van der Waals surface area contributed by atoms with Crippen LogP contribution in [0.25, 0.3) is 54.6 Å². The highest BCUT2D eigenvalue weighted by Crippen LogP contribution is 2.43. The molecule has 6 aromatic rings. The molecule has 2 heteroatoms. The van der Waals surface area contributed by atoms with Crippen molar-refractivity contribution in [3.8, 4) is 22.3 Å². The molecule has 162 valence electrons. The third-order valence-electron chi connectivity index (χ3n) is 8.96. The van der Waals surface area contributed by atoms with Crippen LogP contribution in [0, 0.1) is 0 Å². The second kappa shape index (κ2) is 5.88. The Kier molecular flexibility index (Phi) is 3.31. The summed E-state index contributed by atoms with van der Waals surface area (Å²) in [7, 11) is -3.47. The van der Waals surface area contributed by atoms with E-state index < -0.39 is 16.1 Å². The minimum atomic E-state index is -1.77. The fourth-order valence-corrected chi connectivity index (χ4v) is 13.9. The van der Waals surface area contributed by atoms with Gasteiger partial charge in [0, 0.05) is 0 Å². The molecule has 2 heterocycles. The Morgan fingerprint density at radius 1 is 0.471 bits per heavy atom. The van der Waals surface area contributed by atoms with Gasteiger partial charge in [-0.3, -0.25) is 0 Å². The first-order valence-corrected chi connectivity index (χ1v) is 18.4. The average molecular weight is 467 g/mol. The van der Waals surface area contributed by atoms with Crippen LogP contribution in [0.5, 0.6) is 0 Å². The van der Waals surface area contributed by atoms with Crippen molar-refractivity contribution >= 4 is 69.2 Å². The molecule has 0 amide bonds. The molecule has 0 spiro atoms. The van der Waals surface area contributed by atoms with Crippen LogP contribution in [0.15, 0.2) is 84.9 Å². The summed E-state index contributed by atoms with van der Waals surface area (Å²) in [5, 5.41) is 15.1. The lowest BCUT2D eigenvalue weighted by Gasteiger charge is -2.24. The largest absolute Gasteiger partial charge is 0.114 e. The first-order valence-electron chi connectivity index (χ1n) is 12.4. The van der Waals surface area contributed by atoms with Gasteiger partial charge in [-0.1, -0.05) is 105 Å². The standard InChI is InChI=1S/C32H26Si2/c1-33(2)27-12-8-6-10-22(27)31-23-15-13-19-17-25-21-9-5-7-11-26(21)34(3,4)32(25)24-16-14-20(18-28(31)33)29(23)30(19)24/h5-18H,1-4H3. The van der Waals surface area contributed by atoms with Crippen LogP contribution < -0.4 is 20.7 Å². The molecular weight excluding hydrogens is 441 g/mol. The SMILES string of the molecule is C[Si]1(C)c2ccccc2-c2c1cc1ccc3c4c(cc5ccc2c1c53)-c1ccccc1[Si]4(C)C. The van der Waals surface area contributed by atoms with Crippen LogP contribution in [0.2, 0.25) is 26.2 Å². The first kappa shape index (κ1) is 19.1. The van der Waals surface area contributed by atoms with Crippen molar-refractivity contribution in [3.63, 3.8) is 0 Å². The van der Waals surface area contributed by atoms with E-state index >= 15 is 0 Å². The van der Waals surface area contributed by atoms with Crippen LogP contribution >= 0.6 is 0 Å². The Hall–Kier alpha value is -3.21. The van der Waals surface area contributed by atoms with Crippen LogP contribution in [0.1, 0.15) is 0 Å². The van der Waals surface area contributed by atoms with Gasteiger partial charge in [0.2, 0.25) is 0 Å². The summed E-state index contributed by atoms with van der Waals surface area (Å²) in [6, 6.07) is 33.1. The highest BCUT2D eigenvalue weighted by Gasteiger charge is 2.41. The first-order chi connectivity index (χ1) is 16.4. The summed E-state index contributed by atoms with van der Waals surface area (Å²) in [6.45, 7) is 10.1. The van der Waals surface area contributed by atoms with Crippen molar-refractivity contribution in [2.45, 2.75) is 26.2 Å². The molecule has 2 aliphatic heterocycles. The Bertz CT molecular complexity index is 1860. The lowest BCUT2D eigenvalue weighted by molar-refractivity contribution is 1.73. The zero-order chi connectivity index (χ0) is 23.0. The van der Waals surface area contributed by atoms with Gasteiger partial charge in [-0.25, -0.2) is 0 Å². The monoisotopic (exact) mass is 466 g/mol. The molecule has 8 rings (SSSR count). The molecule has 0 nitrogen and oxygen atoms in total. The lowest BCUT2D eigenvalue weighted by Crippen LogP contribution is -2.49. The predicted molar refractivity (Wildman–Crippen MR) is 155 cm³/mol. The summed E-state index contributed by atoms with van der Waals surface area (Å²) in [5.74, 6) is 0. The summed E-state index contributed by atoms with van der Waals surface area (Å²) in [6.07, 6.45) is 0. The molecule has 0 saturated carbocycles. The summed E-state index contributed by atoms with van der Waals surface area (Å²) in [5.41, 5.74) is 5.92. The molecular formula is C32H26Si2. The van der Waals surface area contributed by atoms with Gasteiger partial charge in [-0.15, -0.1) is 0 Å². The van der Waals surface area contributed by atoms with Crippen molar-refractivity contribution < 1.29 is 0 Å². The molecule has 0 N–H and O–H groups in total. The second-order valence-corrected chi connectivity index (χ2v) is 20.0. The number of hydrogen-bond acceptors (Lipinski definition) is 0. The van der Waals surface area contributed by atoms with E-state index in [9.17, 15) is 0 Å². The smallest absolute Gasteiger partial charge is 0.0623 e. The number of hydrogen-bond donors (Lipinski definition) is 0. The van der Waals surface area contributed by atoms with Gasteiger partial charge in [0.1, 0.15) is 16.1 Å². The van der Waals surface area contributed by atoms with E-state index in [2.05, 4.69) is 111 Å². The number of fused-ring (bicyclic) bond motifs is 8. The normalized spacial score (nSPS) is 16.7. The van der Waals surface area contributed by atoms with E-state index in [4.69, 9.17) is 0 Å². The van der Waals surface area contributed by atoms with Crippen molar-refractivity contribution in [3.05, 3.63) is 84.9 Å². The van der Waals surface area contributed by atoms with E-state index in [-0.39, 0.29) is 0 Å². The lowest BCUT2D eigenvalue weighted by atomic mass is 9.88. The molecule has 0 aromatic heterocycles. The molecule has 0 aliphatic carbocycles. The van der Waals surface area contributed by atoms with Crippen LogP contribution in [0.4, 0.5) is 0 Å². The molecule has 0 bridgehead atoms. The van der Waals surface area contributed by atoms with Crippen LogP contribution in [-0.4, -0.2) is 16.1 Å². The fourth-order valence-electron chi connectivity index (χ4n) is 7.41. The number of rotatable bonds is 0. The van der Waals surface area contributed by atoms with Gasteiger partial charge in [-0.2, -0.15) is 0 Å². The molecule has 34 heavy (non-hydrogen) atoms. The quantitative estimate of drug-likeness (QED) is 0.185. The molecule has 0 saturated heterocycles. The Morgan fingerprint density at radius 3 is 1.82 bits per heavy atom. The van der Waals surface area contributed by atoms with Gasteiger partial charge < -0.3 is 0 Å². The van der Waals surface area contributed by atoms with Crippen molar-refractivity contribution in [2.75, 3.05) is 0 Å². The van der Waals surface area contributed by atoms with Gasteiger partial charge in [0.25, 0.3) is 0 Å². The van der Waals surface area contributed by atoms with Crippen molar-refractivity contribution in [2.24, 2.45) is 0 Å².